The molecular formula is C11H14Cl2N2O2. The molecule has 2 atom stereocenters. The molecule has 4 nitrogen and oxygen atoms in total. The fourth-order valence-corrected chi connectivity index (χ4v) is 1.64. The fraction of sp³-hybridized carbons (Fsp3) is 0.364. The molecule has 1 aromatic rings. The molecule has 2 unspecified atom stereocenters. The van der Waals surface area contributed by atoms with Crippen LogP contribution in [0.1, 0.15) is 17.3 Å². The van der Waals surface area contributed by atoms with Gasteiger partial charge in [-0.15, -0.1) is 0 Å². The van der Waals surface area contributed by atoms with Crippen LogP contribution in [-0.2, 0) is 0 Å². The highest BCUT2D eigenvalue weighted by atomic mass is 35.5. The highest BCUT2D eigenvalue weighted by Gasteiger charge is 2.14. The third-order valence-electron chi connectivity index (χ3n) is 2.29. The second kappa shape index (κ2) is 6.21. The molecule has 0 heterocycles. The molecule has 4 N–H and O–H groups in total. The van der Waals surface area contributed by atoms with Gasteiger partial charge in [0.1, 0.15) is 0 Å². The number of carbonyl (C=O) groups excluding carboxylic acids is 1. The number of nitrogens with two attached hydrogens (primary N) is 1. The van der Waals surface area contributed by atoms with Gasteiger partial charge < -0.3 is 16.2 Å². The van der Waals surface area contributed by atoms with Gasteiger partial charge in [0.25, 0.3) is 5.91 Å². The third-order valence-corrected chi connectivity index (χ3v) is 2.84. The molecule has 0 saturated carbocycles. The van der Waals surface area contributed by atoms with Crippen molar-refractivity contribution in [2.45, 2.75) is 19.1 Å². The summed E-state index contributed by atoms with van der Waals surface area (Å²) in [7, 11) is 0. The number of amides is 1. The minimum absolute atomic E-state index is 0.176. The summed E-state index contributed by atoms with van der Waals surface area (Å²) in [6.45, 7) is 1.74. The largest absolute Gasteiger partial charge is 0.392 e. The van der Waals surface area contributed by atoms with Gasteiger partial charge in [0.2, 0.25) is 0 Å². The molecule has 0 bridgehead atoms. The number of aliphatic hydroxyl groups excluding tert-OH is 1. The van der Waals surface area contributed by atoms with Gasteiger partial charge >= 0.3 is 0 Å². The second-order valence-corrected chi connectivity index (χ2v) is 4.58. The number of rotatable bonds is 4. The van der Waals surface area contributed by atoms with E-state index in [2.05, 4.69) is 5.32 Å². The van der Waals surface area contributed by atoms with Crippen molar-refractivity contribution in [2.24, 2.45) is 5.73 Å². The molecule has 0 aliphatic heterocycles. The Bertz CT molecular complexity index is 410. The monoisotopic (exact) mass is 276 g/mol. The predicted octanol–water partition coefficient (Wildman–Crippen LogP) is 1.43. The van der Waals surface area contributed by atoms with Gasteiger partial charge in [-0.25, -0.2) is 0 Å². The van der Waals surface area contributed by atoms with Crippen molar-refractivity contribution < 1.29 is 9.90 Å². The maximum Gasteiger partial charge on any atom is 0.252 e. The summed E-state index contributed by atoms with van der Waals surface area (Å²) >= 11 is 11.6. The first-order valence-corrected chi connectivity index (χ1v) is 5.84. The van der Waals surface area contributed by atoms with E-state index in [0.717, 1.165) is 0 Å². The Morgan fingerprint density at radius 2 is 2.18 bits per heavy atom. The van der Waals surface area contributed by atoms with Crippen LogP contribution >= 0.6 is 23.2 Å². The van der Waals surface area contributed by atoms with E-state index in [-0.39, 0.29) is 17.5 Å². The highest BCUT2D eigenvalue weighted by molar-refractivity contribution is 6.36. The minimum atomic E-state index is -0.684. The Hall–Kier alpha value is -0.810. The van der Waals surface area contributed by atoms with Crippen molar-refractivity contribution in [1.82, 2.24) is 5.32 Å². The molecular weight excluding hydrogens is 263 g/mol. The molecule has 94 valence electrons. The number of halogens is 2. The van der Waals surface area contributed by atoms with E-state index in [0.29, 0.717) is 10.6 Å². The van der Waals surface area contributed by atoms with Gasteiger partial charge in [0.05, 0.1) is 16.7 Å². The average Bonchev–Trinajstić information content (AvgIpc) is 2.25. The summed E-state index contributed by atoms with van der Waals surface area (Å²) in [6, 6.07) is 4.10. The first kappa shape index (κ1) is 14.3. The van der Waals surface area contributed by atoms with E-state index in [1.807, 2.05) is 0 Å². The lowest BCUT2D eigenvalue weighted by molar-refractivity contribution is 0.0938. The van der Waals surface area contributed by atoms with Crippen molar-refractivity contribution in [3.05, 3.63) is 33.8 Å². The highest BCUT2D eigenvalue weighted by Crippen LogP contribution is 2.20. The molecule has 0 radical (unpaired) electrons. The second-order valence-electron chi connectivity index (χ2n) is 3.74. The lowest BCUT2D eigenvalue weighted by Gasteiger charge is -2.15. The van der Waals surface area contributed by atoms with E-state index >= 15 is 0 Å². The van der Waals surface area contributed by atoms with E-state index in [1.165, 1.54) is 12.1 Å². The maximum atomic E-state index is 11.7. The quantitative estimate of drug-likeness (QED) is 0.779. The number of benzene rings is 1. The zero-order chi connectivity index (χ0) is 13.0. The fourth-order valence-electron chi connectivity index (χ4n) is 1.15. The molecule has 0 aliphatic carbocycles. The number of hydrogen-bond acceptors (Lipinski definition) is 3. The predicted molar refractivity (Wildman–Crippen MR) is 68.5 cm³/mol. The Morgan fingerprint density at radius 1 is 1.53 bits per heavy atom. The molecule has 0 aliphatic rings. The third kappa shape index (κ3) is 4.16. The van der Waals surface area contributed by atoms with Gasteiger partial charge in [-0.3, -0.25) is 4.79 Å². The van der Waals surface area contributed by atoms with Gasteiger partial charge in [-0.2, -0.15) is 0 Å². The van der Waals surface area contributed by atoms with Gasteiger partial charge in [-0.1, -0.05) is 23.2 Å². The normalized spacial score (nSPS) is 14.2. The molecule has 0 aromatic heterocycles. The lowest BCUT2D eigenvalue weighted by atomic mass is 10.1. The molecule has 0 spiro atoms. The van der Waals surface area contributed by atoms with Crippen LogP contribution in [0.15, 0.2) is 18.2 Å². The Balaban J connectivity index is 2.64. The number of carbonyl (C=O) groups is 1. The molecule has 0 saturated heterocycles. The van der Waals surface area contributed by atoms with Gasteiger partial charge in [0, 0.05) is 17.6 Å². The SMILES string of the molecule is CC(O)C(N)CNC(=O)c1ccc(Cl)cc1Cl. The van der Waals surface area contributed by atoms with Crippen LogP contribution < -0.4 is 11.1 Å². The maximum absolute atomic E-state index is 11.7. The van der Waals surface area contributed by atoms with E-state index in [1.54, 1.807) is 13.0 Å². The Labute approximate surface area is 110 Å². The van der Waals surface area contributed by atoms with Crippen LogP contribution in [0.5, 0.6) is 0 Å². The molecule has 6 heteroatoms. The summed E-state index contributed by atoms with van der Waals surface area (Å²) in [6.07, 6.45) is -0.684. The van der Waals surface area contributed by atoms with Crippen molar-refractivity contribution >= 4 is 29.1 Å². The Morgan fingerprint density at radius 3 is 2.71 bits per heavy atom. The summed E-state index contributed by atoms with van der Waals surface area (Å²) in [4.78, 5) is 11.7. The van der Waals surface area contributed by atoms with E-state index in [9.17, 15) is 9.90 Å². The molecule has 1 rings (SSSR count). The van der Waals surface area contributed by atoms with E-state index < -0.39 is 12.1 Å². The topological polar surface area (TPSA) is 75.3 Å². The zero-order valence-electron chi connectivity index (χ0n) is 9.28. The number of nitrogens with one attached hydrogen (secondary N) is 1. The van der Waals surface area contributed by atoms with Crippen molar-refractivity contribution in [3.8, 4) is 0 Å². The molecule has 1 amide bonds. The van der Waals surface area contributed by atoms with E-state index in [4.69, 9.17) is 28.9 Å². The average molecular weight is 277 g/mol. The van der Waals surface area contributed by atoms with Crippen LogP contribution in [-0.4, -0.2) is 29.7 Å². The Kier molecular flexibility index (Phi) is 5.21. The van der Waals surface area contributed by atoms with Crippen molar-refractivity contribution in [2.75, 3.05) is 6.54 Å². The number of hydrogen-bond donors (Lipinski definition) is 3. The first-order chi connectivity index (χ1) is 7.91. The standard InChI is InChI=1S/C11H14Cl2N2O2/c1-6(16)10(14)5-15-11(17)8-3-2-7(12)4-9(8)13/h2-4,6,10,16H,5,14H2,1H3,(H,15,17). The smallest absolute Gasteiger partial charge is 0.252 e. The molecule has 1 aromatic carbocycles. The van der Waals surface area contributed by atoms with Crippen molar-refractivity contribution in [1.29, 1.82) is 0 Å². The minimum Gasteiger partial charge on any atom is -0.392 e. The molecule has 17 heavy (non-hydrogen) atoms. The van der Waals surface area contributed by atoms with Crippen LogP contribution in [0.2, 0.25) is 10.0 Å². The summed E-state index contributed by atoms with van der Waals surface area (Å²) in [5, 5.41) is 12.5. The summed E-state index contributed by atoms with van der Waals surface area (Å²) in [5.41, 5.74) is 5.91. The first-order valence-electron chi connectivity index (χ1n) is 5.08. The van der Waals surface area contributed by atoms with Crippen LogP contribution in [0, 0.1) is 0 Å². The van der Waals surface area contributed by atoms with Crippen molar-refractivity contribution in [3.63, 3.8) is 0 Å². The van der Waals surface area contributed by atoms with Crippen LogP contribution in [0.4, 0.5) is 0 Å². The van der Waals surface area contributed by atoms with Crippen LogP contribution in [0.3, 0.4) is 0 Å². The number of aliphatic hydroxyl groups is 1. The summed E-state index contributed by atoms with van der Waals surface area (Å²) in [5.74, 6) is -0.345. The van der Waals surface area contributed by atoms with Gasteiger partial charge in [-0.05, 0) is 25.1 Å². The summed E-state index contributed by atoms with van der Waals surface area (Å²) < 4.78 is 0. The van der Waals surface area contributed by atoms with Gasteiger partial charge in [0.15, 0.2) is 0 Å². The molecule has 0 fully saturated rings. The lowest BCUT2D eigenvalue weighted by Crippen LogP contribution is -2.43. The van der Waals surface area contributed by atoms with Crippen LogP contribution in [0.25, 0.3) is 0 Å². The zero-order valence-corrected chi connectivity index (χ0v) is 10.8.